The van der Waals surface area contributed by atoms with Gasteiger partial charge in [-0.15, -0.1) is 0 Å². The van der Waals surface area contributed by atoms with E-state index >= 15 is 0 Å². The number of hydrogen-bond acceptors (Lipinski definition) is 10. The van der Waals surface area contributed by atoms with Crippen LogP contribution in [0.3, 0.4) is 0 Å². The van der Waals surface area contributed by atoms with Crippen LogP contribution < -0.4 is 5.32 Å². The largest absolute Gasteiger partial charge is 0.454 e. The molecule has 1 aliphatic heterocycles. The van der Waals surface area contributed by atoms with Gasteiger partial charge in [0.1, 0.15) is 24.4 Å². The molecule has 1 aliphatic rings. The molecule has 79 heavy (non-hydrogen) atoms. The molecule has 0 spiro atoms. The minimum atomic E-state index is -1.62. The van der Waals surface area contributed by atoms with E-state index in [0.29, 0.717) is 19.3 Å². The molecule has 0 aromatic carbocycles. The molecule has 1 fully saturated rings. The summed E-state index contributed by atoms with van der Waals surface area (Å²) < 4.78 is 17.6. The van der Waals surface area contributed by atoms with Gasteiger partial charge in [-0.25, -0.2) is 0 Å². The highest BCUT2D eigenvalue weighted by molar-refractivity contribution is 5.80. The van der Waals surface area contributed by atoms with Crippen LogP contribution in [-0.2, 0) is 23.8 Å². The van der Waals surface area contributed by atoms with Gasteiger partial charge in [0.2, 0.25) is 5.91 Å². The highest BCUT2D eigenvalue weighted by atomic mass is 16.7. The van der Waals surface area contributed by atoms with Crippen LogP contribution in [0.25, 0.3) is 0 Å². The second-order valence-electron chi connectivity index (χ2n) is 23.2. The van der Waals surface area contributed by atoms with E-state index in [-0.39, 0.29) is 13.0 Å². The SMILES string of the molecule is CC/C=C/C/C=C/CCCCCCCCCC(=O)OC1C(OCC(NC(=O)C(O)CCCCCCCCCCCCCCCC/C=C/CCCCCCCC)C(O)/C=C/CCCCCCCCCCCC)OC(CO)C(O)C1O. The van der Waals surface area contributed by atoms with E-state index in [1.807, 2.05) is 6.08 Å². The molecule has 6 N–H and O–H groups in total. The number of amides is 1. The zero-order valence-corrected chi connectivity index (χ0v) is 51.2. The summed E-state index contributed by atoms with van der Waals surface area (Å²) in [4.78, 5) is 26.6. The fourth-order valence-electron chi connectivity index (χ4n) is 10.5. The first-order valence-corrected chi connectivity index (χ1v) is 33.4. The maximum absolute atomic E-state index is 13.5. The third-order valence-electron chi connectivity index (χ3n) is 15.7. The molecule has 0 saturated carbocycles. The summed E-state index contributed by atoms with van der Waals surface area (Å²) in [5.74, 6) is -1.19. The number of nitrogens with one attached hydrogen (secondary N) is 1. The highest BCUT2D eigenvalue weighted by Crippen LogP contribution is 2.26. The molecule has 1 heterocycles. The first kappa shape index (κ1) is 74.6. The van der Waals surface area contributed by atoms with Gasteiger partial charge in [0.05, 0.1) is 25.4 Å². The minimum Gasteiger partial charge on any atom is -0.454 e. The number of unbranched alkanes of at least 4 members (excludes halogenated alkanes) is 37. The average Bonchev–Trinajstić information content (AvgIpc) is 3.49. The number of aliphatic hydroxyl groups excluding tert-OH is 5. The molecule has 8 unspecified atom stereocenters. The van der Waals surface area contributed by atoms with Crippen molar-refractivity contribution >= 4 is 11.9 Å². The van der Waals surface area contributed by atoms with Crippen molar-refractivity contribution in [1.29, 1.82) is 0 Å². The van der Waals surface area contributed by atoms with Crippen LogP contribution in [0.2, 0.25) is 0 Å². The Kier molecular flexibility index (Phi) is 53.0. The quantitative estimate of drug-likeness (QED) is 0.0195. The van der Waals surface area contributed by atoms with Gasteiger partial charge in [-0.1, -0.05) is 275 Å². The normalized spacial score (nSPS) is 19.1. The average molecular weight is 1120 g/mol. The predicted molar refractivity (Wildman–Crippen MR) is 329 cm³/mol. The molecule has 1 amide bonds. The maximum atomic E-state index is 13.5. The molecule has 11 nitrogen and oxygen atoms in total. The van der Waals surface area contributed by atoms with Gasteiger partial charge in [-0.05, 0) is 77.0 Å². The minimum absolute atomic E-state index is 0.115. The molecule has 11 heteroatoms. The molecule has 8 atom stereocenters. The van der Waals surface area contributed by atoms with Gasteiger partial charge in [0.15, 0.2) is 12.4 Å². The number of rotatable bonds is 57. The second kappa shape index (κ2) is 56.1. The Hall–Kier alpha value is -2.38. The van der Waals surface area contributed by atoms with Crippen LogP contribution in [-0.4, -0.2) is 99.6 Å². The van der Waals surface area contributed by atoms with E-state index in [1.165, 1.54) is 180 Å². The predicted octanol–water partition coefficient (Wildman–Crippen LogP) is 16.4. The number of ether oxygens (including phenoxy) is 3. The van der Waals surface area contributed by atoms with Gasteiger partial charge in [-0.2, -0.15) is 0 Å². The molecule has 0 radical (unpaired) electrons. The zero-order valence-electron chi connectivity index (χ0n) is 51.2. The summed E-state index contributed by atoms with van der Waals surface area (Å²) >= 11 is 0. The summed E-state index contributed by atoms with van der Waals surface area (Å²) in [5, 5.41) is 57.1. The van der Waals surface area contributed by atoms with E-state index < -0.39 is 67.4 Å². The lowest BCUT2D eigenvalue weighted by Gasteiger charge is -2.41. The monoisotopic (exact) mass is 1120 g/mol. The Morgan fingerprint density at radius 3 is 1.37 bits per heavy atom. The van der Waals surface area contributed by atoms with Gasteiger partial charge in [0, 0.05) is 6.42 Å². The molecule has 0 bridgehead atoms. The third kappa shape index (κ3) is 43.9. The van der Waals surface area contributed by atoms with E-state index in [2.05, 4.69) is 62.5 Å². The zero-order chi connectivity index (χ0) is 57.5. The fourth-order valence-corrected chi connectivity index (χ4v) is 10.5. The first-order chi connectivity index (χ1) is 38.7. The first-order valence-electron chi connectivity index (χ1n) is 33.4. The van der Waals surface area contributed by atoms with Crippen LogP contribution in [0, 0.1) is 0 Å². The number of carbonyl (C=O) groups is 2. The molecule has 0 aromatic heterocycles. The van der Waals surface area contributed by atoms with Crippen molar-refractivity contribution in [1.82, 2.24) is 5.32 Å². The highest BCUT2D eigenvalue weighted by Gasteiger charge is 2.47. The number of carbonyl (C=O) groups excluding carboxylic acids is 2. The second-order valence-corrected chi connectivity index (χ2v) is 23.2. The van der Waals surface area contributed by atoms with Crippen molar-refractivity contribution in [2.24, 2.45) is 0 Å². The van der Waals surface area contributed by atoms with Crippen LogP contribution in [0.5, 0.6) is 0 Å². The number of allylic oxidation sites excluding steroid dienone is 7. The van der Waals surface area contributed by atoms with Crippen LogP contribution >= 0.6 is 0 Å². The Balaban J connectivity index is 2.59. The Labute approximate surface area is 485 Å². The van der Waals surface area contributed by atoms with Gasteiger partial charge >= 0.3 is 5.97 Å². The standard InChI is InChI=1S/C68H125NO10/c1-4-7-10-13-16-19-22-25-27-28-29-30-31-32-33-34-35-36-37-40-43-46-49-52-55-61(72)67(76)69-59(60(71)54-51-48-45-42-39-24-21-18-15-12-9-6-3)58-77-68-66(65(75)64(74)62(57-70)78-68)79-63(73)56-53-50-47-44-41-38-26-23-20-17-14-11-8-5-2/h8,11,17,20,25,27,51,54,59-62,64-66,68,70-72,74-75H,4-7,9-10,12-16,18-19,21-24,26,28-50,52-53,55-58H2,1-3H3,(H,69,76)/b11-8+,20-17+,27-25+,54-51+. The van der Waals surface area contributed by atoms with Crippen LogP contribution in [0.15, 0.2) is 48.6 Å². The van der Waals surface area contributed by atoms with Crippen molar-refractivity contribution in [3.05, 3.63) is 48.6 Å². The van der Waals surface area contributed by atoms with Crippen molar-refractivity contribution < 1.29 is 49.3 Å². The molecule has 462 valence electrons. The van der Waals surface area contributed by atoms with E-state index in [9.17, 15) is 35.1 Å². The molecular formula is C68H125NO10. The van der Waals surface area contributed by atoms with E-state index in [4.69, 9.17) is 14.2 Å². The lowest BCUT2D eigenvalue weighted by Crippen LogP contribution is -2.61. The Bertz CT molecular complexity index is 1470. The lowest BCUT2D eigenvalue weighted by molar-refractivity contribution is -0.305. The van der Waals surface area contributed by atoms with Gasteiger partial charge in [0.25, 0.3) is 0 Å². The third-order valence-corrected chi connectivity index (χ3v) is 15.7. The summed E-state index contributed by atoms with van der Waals surface area (Å²) in [6, 6.07) is -1.02. The number of hydrogen-bond donors (Lipinski definition) is 6. The van der Waals surface area contributed by atoms with Crippen molar-refractivity contribution in [2.75, 3.05) is 13.2 Å². The smallest absolute Gasteiger partial charge is 0.306 e. The van der Waals surface area contributed by atoms with Gasteiger partial charge in [-0.3, -0.25) is 9.59 Å². The number of esters is 1. The summed E-state index contributed by atoms with van der Waals surface area (Å²) in [5.41, 5.74) is 0. The van der Waals surface area contributed by atoms with Crippen molar-refractivity contribution in [2.45, 2.75) is 359 Å². The van der Waals surface area contributed by atoms with Gasteiger partial charge < -0.3 is 45.1 Å². The maximum Gasteiger partial charge on any atom is 0.306 e. The van der Waals surface area contributed by atoms with Crippen LogP contribution in [0.4, 0.5) is 0 Å². The van der Waals surface area contributed by atoms with E-state index in [0.717, 1.165) is 83.5 Å². The van der Waals surface area contributed by atoms with Crippen LogP contribution in [0.1, 0.15) is 310 Å². The van der Waals surface area contributed by atoms with Crippen molar-refractivity contribution in [3.8, 4) is 0 Å². The topological polar surface area (TPSA) is 175 Å². The molecular weight excluding hydrogens is 991 g/mol. The fraction of sp³-hybridized carbons (Fsp3) is 0.853. The van der Waals surface area contributed by atoms with E-state index in [1.54, 1.807) is 6.08 Å². The van der Waals surface area contributed by atoms with Crippen molar-refractivity contribution in [3.63, 3.8) is 0 Å². The molecule has 0 aliphatic carbocycles. The lowest BCUT2D eigenvalue weighted by atomic mass is 9.99. The number of aliphatic hydroxyl groups is 5. The Morgan fingerprint density at radius 2 is 0.911 bits per heavy atom. The summed E-state index contributed by atoms with van der Waals surface area (Å²) in [7, 11) is 0. The summed E-state index contributed by atoms with van der Waals surface area (Å²) in [6.45, 7) is 5.70. The summed E-state index contributed by atoms with van der Waals surface area (Å²) in [6.07, 6.45) is 58.8. The Morgan fingerprint density at radius 1 is 0.506 bits per heavy atom. The molecule has 1 rings (SSSR count). The molecule has 1 saturated heterocycles. The molecule has 0 aromatic rings.